The monoisotopic (exact) mass is 202 g/mol. The van der Waals surface area contributed by atoms with Gasteiger partial charge in [0.1, 0.15) is 0 Å². The van der Waals surface area contributed by atoms with Crippen LogP contribution in [0.1, 0.15) is 26.7 Å². The van der Waals surface area contributed by atoms with Gasteiger partial charge in [0.25, 0.3) is 0 Å². The summed E-state index contributed by atoms with van der Waals surface area (Å²) in [4.78, 5) is 2.18. The number of nitrogens with zero attached hydrogens (tertiary/aromatic N) is 1. The van der Waals surface area contributed by atoms with Crippen molar-refractivity contribution >= 4 is 0 Å². The second kappa shape index (κ2) is 5.66. The van der Waals surface area contributed by atoms with E-state index in [2.05, 4.69) is 24.1 Å². The third-order valence-electron chi connectivity index (χ3n) is 2.98. The Balaban J connectivity index is 2.47. The number of rotatable bonds is 4. The first-order chi connectivity index (χ1) is 6.67. The molecule has 4 nitrogen and oxygen atoms in total. The Bertz CT molecular complexity index is 164. The molecule has 3 N–H and O–H groups in total. The number of aliphatic hydroxyl groups is 2. The molecular weight excluding hydrogens is 180 g/mol. The molecule has 0 spiro atoms. The van der Waals surface area contributed by atoms with Crippen LogP contribution >= 0.6 is 0 Å². The minimum atomic E-state index is -1.21. The van der Waals surface area contributed by atoms with Gasteiger partial charge in [0, 0.05) is 31.7 Å². The van der Waals surface area contributed by atoms with Crippen molar-refractivity contribution in [3.8, 4) is 0 Å². The Labute approximate surface area is 85.9 Å². The van der Waals surface area contributed by atoms with Crippen LogP contribution in [-0.4, -0.2) is 53.1 Å². The molecule has 1 rings (SSSR count). The van der Waals surface area contributed by atoms with Gasteiger partial charge < -0.3 is 15.5 Å². The van der Waals surface area contributed by atoms with E-state index < -0.39 is 6.29 Å². The van der Waals surface area contributed by atoms with Crippen LogP contribution in [0.25, 0.3) is 0 Å². The van der Waals surface area contributed by atoms with E-state index in [0.717, 1.165) is 25.9 Å². The molecule has 1 aliphatic rings. The second-order valence-electron chi connectivity index (χ2n) is 4.01. The van der Waals surface area contributed by atoms with Gasteiger partial charge in [0.05, 0.1) is 0 Å². The molecule has 14 heavy (non-hydrogen) atoms. The fourth-order valence-corrected chi connectivity index (χ4v) is 2.04. The van der Waals surface area contributed by atoms with E-state index in [9.17, 15) is 0 Å². The summed E-state index contributed by atoms with van der Waals surface area (Å²) in [6.45, 7) is 6.54. The summed E-state index contributed by atoms with van der Waals surface area (Å²) in [5.41, 5.74) is 0. The van der Waals surface area contributed by atoms with Crippen LogP contribution < -0.4 is 5.32 Å². The highest BCUT2D eigenvalue weighted by Gasteiger charge is 2.26. The number of aliphatic hydroxyl groups excluding tert-OH is 1. The molecule has 0 aromatic rings. The van der Waals surface area contributed by atoms with Crippen molar-refractivity contribution in [1.82, 2.24) is 10.2 Å². The zero-order valence-electron chi connectivity index (χ0n) is 9.11. The Morgan fingerprint density at radius 3 is 2.57 bits per heavy atom. The van der Waals surface area contributed by atoms with E-state index in [1.807, 2.05) is 0 Å². The van der Waals surface area contributed by atoms with Gasteiger partial charge in [-0.05, 0) is 12.8 Å². The van der Waals surface area contributed by atoms with Crippen molar-refractivity contribution in [3.63, 3.8) is 0 Å². The molecule has 1 saturated heterocycles. The first-order valence-electron chi connectivity index (χ1n) is 5.50. The molecule has 0 aliphatic carbocycles. The molecular formula is C10H22N2O2. The molecule has 2 unspecified atom stereocenters. The summed E-state index contributed by atoms with van der Waals surface area (Å²) in [7, 11) is 0. The molecule has 0 bridgehead atoms. The molecule has 0 radical (unpaired) electrons. The second-order valence-corrected chi connectivity index (χ2v) is 4.01. The lowest BCUT2D eigenvalue weighted by Gasteiger charge is -2.40. The average Bonchev–Trinajstić information content (AvgIpc) is 2.16. The van der Waals surface area contributed by atoms with E-state index >= 15 is 0 Å². The summed E-state index contributed by atoms with van der Waals surface area (Å²) in [5, 5.41) is 21.4. The van der Waals surface area contributed by atoms with Crippen molar-refractivity contribution in [2.45, 2.75) is 45.1 Å². The predicted octanol–water partition coefficient (Wildman–Crippen LogP) is -0.241. The number of piperazine rings is 1. The van der Waals surface area contributed by atoms with E-state index in [1.54, 1.807) is 0 Å². The van der Waals surface area contributed by atoms with Crippen LogP contribution in [0, 0.1) is 0 Å². The third-order valence-corrected chi connectivity index (χ3v) is 2.98. The van der Waals surface area contributed by atoms with E-state index in [-0.39, 0.29) is 0 Å². The molecule has 1 heterocycles. The van der Waals surface area contributed by atoms with Gasteiger partial charge >= 0.3 is 0 Å². The summed E-state index contributed by atoms with van der Waals surface area (Å²) in [5.74, 6) is 0. The standard InChI is InChI=1S/C10H22N2O2/c1-3-8-6-12(7-10(13)14)9(4-2)5-11-8/h8-11,13-14H,3-7H2,1-2H3. The highest BCUT2D eigenvalue weighted by Crippen LogP contribution is 2.11. The molecule has 0 aromatic heterocycles. The molecule has 0 amide bonds. The molecule has 2 atom stereocenters. The third kappa shape index (κ3) is 3.20. The Morgan fingerprint density at radius 2 is 2.07 bits per heavy atom. The first kappa shape index (κ1) is 11.9. The lowest BCUT2D eigenvalue weighted by molar-refractivity contribution is -0.0739. The van der Waals surface area contributed by atoms with Crippen molar-refractivity contribution < 1.29 is 10.2 Å². The molecule has 0 aromatic carbocycles. The van der Waals surface area contributed by atoms with Gasteiger partial charge in [-0.3, -0.25) is 4.90 Å². The normalized spacial score (nSPS) is 29.8. The van der Waals surface area contributed by atoms with Crippen molar-refractivity contribution in [2.75, 3.05) is 19.6 Å². The molecule has 0 saturated carbocycles. The topological polar surface area (TPSA) is 55.7 Å². The number of hydrogen-bond donors (Lipinski definition) is 3. The maximum Gasteiger partial charge on any atom is 0.164 e. The summed E-state index contributed by atoms with van der Waals surface area (Å²) >= 11 is 0. The fourth-order valence-electron chi connectivity index (χ4n) is 2.04. The van der Waals surface area contributed by atoms with E-state index in [1.165, 1.54) is 0 Å². The van der Waals surface area contributed by atoms with Gasteiger partial charge in [-0.1, -0.05) is 13.8 Å². The summed E-state index contributed by atoms with van der Waals surface area (Å²) < 4.78 is 0. The number of hydrogen-bond acceptors (Lipinski definition) is 4. The summed E-state index contributed by atoms with van der Waals surface area (Å²) in [6, 6.07) is 0.941. The maximum atomic E-state index is 8.97. The van der Waals surface area contributed by atoms with Gasteiger partial charge in [0.15, 0.2) is 6.29 Å². The zero-order valence-corrected chi connectivity index (χ0v) is 9.11. The smallest absolute Gasteiger partial charge is 0.164 e. The summed E-state index contributed by atoms with van der Waals surface area (Å²) in [6.07, 6.45) is 0.935. The number of β-amino-alcohol motifs (C(OH)–C–C–N with tert-alkyl or cyclic N) is 2. The average molecular weight is 202 g/mol. The number of nitrogens with one attached hydrogen (secondary N) is 1. The van der Waals surface area contributed by atoms with Crippen molar-refractivity contribution in [1.29, 1.82) is 0 Å². The van der Waals surface area contributed by atoms with Crippen LogP contribution in [0.2, 0.25) is 0 Å². The van der Waals surface area contributed by atoms with Crippen LogP contribution in [0.4, 0.5) is 0 Å². The molecule has 4 heteroatoms. The Kier molecular flexibility index (Phi) is 4.81. The highest BCUT2D eigenvalue weighted by atomic mass is 16.5. The lowest BCUT2D eigenvalue weighted by atomic mass is 10.1. The van der Waals surface area contributed by atoms with E-state index in [0.29, 0.717) is 18.6 Å². The molecule has 1 aliphatic heterocycles. The van der Waals surface area contributed by atoms with Gasteiger partial charge in [-0.2, -0.15) is 0 Å². The van der Waals surface area contributed by atoms with Crippen molar-refractivity contribution in [3.05, 3.63) is 0 Å². The Hall–Kier alpha value is -0.160. The molecule has 84 valence electrons. The first-order valence-corrected chi connectivity index (χ1v) is 5.50. The van der Waals surface area contributed by atoms with Crippen LogP contribution in [-0.2, 0) is 0 Å². The van der Waals surface area contributed by atoms with Gasteiger partial charge in [-0.25, -0.2) is 0 Å². The van der Waals surface area contributed by atoms with Gasteiger partial charge in [0.2, 0.25) is 0 Å². The SMILES string of the molecule is CCC1CN(CC(O)O)C(CC)CN1. The maximum absolute atomic E-state index is 8.97. The highest BCUT2D eigenvalue weighted by molar-refractivity contribution is 4.84. The van der Waals surface area contributed by atoms with Gasteiger partial charge in [-0.15, -0.1) is 0 Å². The van der Waals surface area contributed by atoms with Crippen LogP contribution in [0.5, 0.6) is 0 Å². The van der Waals surface area contributed by atoms with Crippen molar-refractivity contribution in [2.24, 2.45) is 0 Å². The van der Waals surface area contributed by atoms with E-state index in [4.69, 9.17) is 10.2 Å². The largest absolute Gasteiger partial charge is 0.367 e. The molecule has 1 fully saturated rings. The van der Waals surface area contributed by atoms with Crippen LogP contribution in [0.3, 0.4) is 0 Å². The zero-order chi connectivity index (χ0) is 10.6. The Morgan fingerprint density at radius 1 is 1.36 bits per heavy atom. The van der Waals surface area contributed by atoms with Crippen LogP contribution in [0.15, 0.2) is 0 Å². The predicted molar refractivity (Wildman–Crippen MR) is 56.0 cm³/mol. The fraction of sp³-hybridized carbons (Fsp3) is 1.00. The quantitative estimate of drug-likeness (QED) is 0.551. The lowest BCUT2D eigenvalue weighted by Crippen LogP contribution is -2.57. The minimum absolute atomic E-state index is 0.372. The minimum Gasteiger partial charge on any atom is -0.367 e.